The van der Waals surface area contributed by atoms with E-state index in [1.54, 1.807) is 0 Å². The molecule has 15 heavy (non-hydrogen) atoms. The highest BCUT2D eigenvalue weighted by Crippen LogP contribution is 1.89. The third-order valence-electron chi connectivity index (χ3n) is 2.04. The van der Waals surface area contributed by atoms with Gasteiger partial charge in [-0.2, -0.15) is 0 Å². The lowest BCUT2D eigenvalue weighted by Gasteiger charge is -2.14. The molecule has 1 N–H and O–H groups in total. The fraction of sp³-hybridized carbons (Fsp3) is 0.727. The zero-order chi connectivity index (χ0) is 11.5. The van der Waals surface area contributed by atoms with E-state index < -0.39 is 0 Å². The van der Waals surface area contributed by atoms with Crippen molar-refractivity contribution >= 4 is 6.41 Å². The molecule has 0 aliphatic rings. The molecule has 0 aliphatic carbocycles. The van der Waals surface area contributed by atoms with Crippen LogP contribution in [0.2, 0.25) is 0 Å². The summed E-state index contributed by atoms with van der Waals surface area (Å²) in [6.45, 7) is 3.66. The summed E-state index contributed by atoms with van der Waals surface area (Å²) >= 11 is 0. The fourth-order valence-corrected chi connectivity index (χ4v) is 1.12. The molecule has 0 aliphatic heterocycles. The number of carbonyl (C=O) groups excluding carboxylic acids is 1. The Balaban J connectivity index is 3.33. The summed E-state index contributed by atoms with van der Waals surface area (Å²) in [4.78, 5) is 14.3. The van der Waals surface area contributed by atoms with Gasteiger partial charge >= 0.3 is 0 Å². The van der Waals surface area contributed by atoms with E-state index in [0.717, 1.165) is 39.0 Å². The second kappa shape index (κ2) is 9.68. The van der Waals surface area contributed by atoms with Crippen molar-refractivity contribution < 1.29 is 4.79 Å². The van der Waals surface area contributed by atoms with Crippen LogP contribution in [0.5, 0.6) is 0 Å². The summed E-state index contributed by atoms with van der Waals surface area (Å²) in [5.41, 5.74) is 0. The smallest absolute Gasteiger partial charge is 0.207 e. The number of nitrogens with zero attached hydrogens (tertiary/aromatic N) is 2. The Bertz CT molecular complexity index is 181. The number of rotatable bonds is 9. The van der Waals surface area contributed by atoms with Crippen LogP contribution in [-0.4, -0.2) is 63.5 Å². The van der Waals surface area contributed by atoms with Gasteiger partial charge in [0.05, 0.1) is 0 Å². The highest BCUT2D eigenvalue weighted by atomic mass is 16.1. The zero-order valence-electron chi connectivity index (χ0n) is 10.1. The molecule has 1 amide bonds. The summed E-state index contributed by atoms with van der Waals surface area (Å²) in [6, 6.07) is 0. The lowest BCUT2D eigenvalue weighted by atomic mass is 10.3. The first-order valence-electron chi connectivity index (χ1n) is 5.32. The van der Waals surface area contributed by atoms with Gasteiger partial charge in [0.25, 0.3) is 0 Å². The molecule has 0 unspecified atom stereocenters. The summed E-state index contributed by atoms with van der Waals surface area (Å²) in [7, 11) is 6.18. The molecular formula is C11H23N3O. The van der Waals surface area contributed by atoms with E-state index in [1.165, 1.54) is 0 Å². The molecule has 0 bridgehead atoms. The monoisotopic (exact) mass is 213 g/mol. The summed E-state index contributed by atoms with van der Waals surface area (Å²) in [5.74, 6) is 0. The minimum atomic E-state index is 0.724. The molecule has 0 spiro atoms. The number of hydrogen-bond acceptors (Lipinski definition) is 3. The molecule has 0 saturated carbocycles. The summed E-state index contributed by atoms with van der Waals surface area (Å²) in [5, 5.41) is 2.65. The predicted octanol–water partition coefficient (Wildman–Crippen LogP) is 0.172. The Morgan fingerprint density at radius 1 is 1.13 bits per heavy atom. The third kappa shape index (κ3) is 11.1. The SMILES string of the molecule is CN(C)C/C=C/CCN(C)CCNC=O. The topological polar surface area (TPSA) is 35.6 Å². The van der Waals surface area contributed by atoms with Gasteiger partial charge in [0, 0.05) is 26.2 Å². The molecule has 0 aromatic rings. The highest BCUT2D eigenvalue weighted by molar-refractivity contribution is 5.45. The van der Waals surface area contributed by atoms with Gasteiger partial charge in [-0.15, -0.1) is 0 Å². The van der Waals surface area contributed by atoms with Crippen LogP contribution in [0.15, 0.2) is 12.2 Å². The molecule has 4 nitrogen and oxygen atoms in total. The van der Waals surface area contributed by atoms with E-state index in [0.29, 0.717) is 0 Å². The van der Waals surface area contributed by atoms with Gasteiger partial charge in [-0.05, 0) is 27.6 Å². The Kier molecular flexibility index (Phi) is 9.11. The Morgan fingerprint density at radius 3 is 2.47 bits per heavy atom. The molecule has 88 valence electrons. The fourth-order valence-electron chi connectivity index (χ4n) is 1.12. The number of likely N-dealkylation sites (N-methyl/N-ethyl adjacent to an activating group) is 2. The van der Waals surface area contributed by atoms with E-state index in [9.17, 15) is 4.79 Å². The average molecular weight is 213 g/mol. The quantitative estimate of drug-likeness (QED) is 0.337. The van der Waals surface area contributed by atoms with Crippen molar-refractivity contribution in [1.82, 2.24) is 15.1 Å². The number of amides is 1. The number of nitrogens with one attached hydrogen (secondary N) is 1. The maximum atomic E-state index is 10.0. The maximum Gasteiger partial charge on any atom is 0.207 e. The van der Waals surface area contributed by atoms with Gasteiger partial charge in [0.2, 0.25) is 6.41 Å². The second-order valence-electron chi connectivity index (χ2n) is 3.90. The molecule has 0 rings (SSSR count). The van der Waals surface area contributed by atoms with Crippen LogP contribution >= 0.6 is 0 Å². The van der Waals surface area contributed by atoms with E-state index in [4.69, 9.17) is 0 Å². The molecular weight excluding hydrogens is 190 g/mol. The van der Waals surface area contributed by atoms with Crippen molar-refractivity contribution in [3.8, 4) is 0 Å². The van der Waals surface area contributed by atoms with Gasteiger partial charge in [-0.25, -0.2) is 0 Å². The van der Waals surface area contributed by atoms with Crippen molar-refractivity contribution in [2.75, 3.05) is 47.3 Å². The van der Waals surface area contributed by atoms with Gasteiger partial charge < -0.3 is 15.1 Å². The third-order valence-corrected chi connectivity index (χ3v) is 2.04. The van der Waals surface area contributed by atoms with Crippen molar-refractivity contribution in [2.24, 2.45) is 0 Å². The van der Waals surface area contributed by atoms with E-state index >= 15 is 0 Å². The Labute approximate surface area is 92.9 Å². The number of hydrogen-bond donors (Lipinski definition) is 1. The van der Waals surface area contributed by atoms with Crippen LogP contribution in [0.4, 0.5) is 0 Å². The van der Waals surface area contributed by atoms with Crippen molar-refractivity contribution in [3.05, 3.63) is 12.2 Å². The van der Waals surface area contributed by atoms with E-state index in [2.05, 4.69) is 48.4 Å². The minimum Gasteiger partial charge on any atom is -0.357 e. The van der Waals surface area contributed by atoms with Crippen LogP contribution in [-0.2, 0) is 4.79 Å². The van der Waals surface area contributed by atoms with Gasteiger partial charge in [0.1, 0.15) is 0 Å². The highest BCUT2D eigenvalue weighted by Gasteiger charge is 1.94. The van der Waals surface area contributed by atoms with Crippen molar-refractivity contribution in [3.63, 3.8) is 0 Å². The number of carbonyl (C=O) groups is 1. The van der Waals surface area contributed by atoms with Crippen molar-refractivity contribution in [2.45, 2.75) is 6.42 Å². The molecule has 0 radical (unpaired) electrons. The second-order valence-corrected chi connectivity index (χ2v) is 3.90. The average Bonchev–Trinajstić information content (AvgIpc) is 2.17. The van der Waals surface area contributed by atoms with Crippen LogP contribution in [0.1, 0.15) is 6.42 Å². The molecule has 0 atom stereocenters. The van der Waals surface area contributed by atoms with Gasteiger partial charge in [-0.3, -0.25) is 4.79 Å². The molecule has 0 aromatic carbocycles. The Hall–Kier alpha value is -0.870. The molecule has 4 heteroatoms. The normalized spacial score (nSPS) is 11.5. The lowest BCUT2D eigenvalue weighted by molar-refractivity contribution is -0.109. The van der Waals surface area contributed by atoms with Crippen LogP contribution in [0.3, 0.4) is 0 Å². The van der Waals surface area contributed by atoms with Crippen molar-refractivity contribution in [1.29, 1.82) is 0 Å². The minimum absolute atomic E-state index is 0.724. The van der Waals surface area contributed by atoms with Crippen LogP contribution in [0.25, 0.3) is 0 Å². The first kappa shape index (κ1) is 14.1. The van der Waals surface area contributed by atoms with E-state index in [1.807, 2.05) is 0 Å². The molecule has 0 fully saturated rings. The zero-order valence-corrected chi connectivity index (χ0v) is 10.1. The summed E-state index contributed by atoms with van der Waals surface area (Å²) in [6.07, 6.45) is 6.18. The first-order chi connectivity index (χ1) is 7.16. The van der Waals surface area contributed by atoms with Crippen LogP contribution in [0, 0.1) is 0 Å². The molecule has 0 saturated heterocycles. The van der Waals surface area contributed by atoms with Gasteiger partial charge in [-0.1, -0.05) is 12.2 Å². The van der Waals surface area contributed by atoms with E-state index in [-0.39, 0.29) is 0 Å². The summed E-state index contributed by atoms with van der Waals surface area (Å²) < 4.78 is 0. The van der Waals surface area contributed by atoms with Gasteiger partial charge in [0.15, 0.2) is 0 Å². The first-order valence-corrected chi connectivity index (χ1v) is 5.32. The molecule has 0 heterocycles. The largest absolute Gasteiger partial charge is 0.357 e. The predicted molar refractivity (Wildman–Crippen MR) is 63.9 cm³/mol. The maximum absolute atomic E-state index is 10.0. The van der Waals surface area contributed by atoms with Crippen LogP contribution < -0.4 is 5.32 Å². The lowest BCUT2D eigenvalue weighted by Crippen LogP contribution is -2.29. The standard InChI is InChI=1S/C11H23N3O/c1-13(2)8-5-4-6-9-14(3)10-7-12-11-15/h4-5,11H,6-10H2,1-3H3,(H,12,15)/b5-4+. The Morgan fingerprint density at radius 2 is 1.87 bits per heavy atom. The molecule has 0 aromatic heterocycles.